The van der Waals surface area contributed by atoms with Crippen LogP contribution in [0.15, 0.2) is 43.0 Å². The quantitative estimate of drug-likeness (QED) is 0.825. The van der Waals surface area contributed by atoms with Crippen LogP contribution in [0.25, 0.3) is 0 Å². The van der Waals surface area contributed by atoms with E-state index in [-0.39, 0.29) is 29.9 Å². The van der Waals surface area contributed by atoms with Crippen LogP contribution in [-0.4, -0.2) is 58.5 Å². The molecule has 148 valence electrons. The maximum Gasteiger partial charge on any atom is 0.255 e. The lowest BCUT2D eigenvalue weighted by Crippen LogP contribution is -2.57. The number of morpholine rings is 1. The number of fused-ring (bicyclic) bond motifs is 1. The second-order valence-corrected chi connectivity index (χ2v) is 7.49. The zero-order chi connectivity index (χ0) is 19.3. The Labute approximate surface area is 164 Å². The fraction of sp³-hybridized carbons (Fsp3) is 0.476. The Bertz CT molecular complexity index is 793. The summed E-state index contributed by atoms with van der Waals surface area (Å²) in [5.41, 5.74) is 1.76. The third-order valence-electron chi connectivity index (χ3n) is 5.73. The van der Waals surface area contributed by atoms with Crippen molar-refractivity contribution >= 4 is 11.8 Å². The van der Waals surface area contributed by atoms with Gasteiger partial charge in [-0.1, -0.05) is 6.07 Å². The SMILES string of the molecule is O=C(NCCc1cccnc1)[C@H]1CC[C@H]2OCCN(C(=O)c3cc[nH]c3)[C@@H]2C1. The molecule has 1 saturated carbocycles. The Morgan fingerprint density at radius 1 is 1.32 bits per heavy atom. The van der Waals surface area contributed by atoms with Crippen molar-refractivity contribution < 1.29 is 14.3 Å². The third-order valence-corrected chi connectivity index (χ3v) is 5.73. The van der Waals surface area contributed by atoms with Gasteiger partial charge in [0.2, 0.25) is 5.91 Å². The van der Waals surface area contributed by atoms with Gasteiger partial charge in [0, 0.05) is 43.8 Å². The molecule has 2 aliphatic rings. The first-order valence-corrected chi connectivity index (χ1v) is 9.94. The smallest absolute Gasteiger partial charge is 0.255 e. The molecule has 1 aliphatic carbocycles. The Morgan fingerprint density at radius 3 is 3.04 bits per heavy atom. The van der Waals surface area contributed by atoms with Crippen molar-refractivity contribution in [1.29, 1.82) is 0 Å². The highest BCUT2D eigenvalue weighted by molar-refractivity contribution is 5.94. The molecule has 2 amide bonds. The van der Waals surface area contributed by atoms with Crippen LogP contribution >= 0.6 is 0 Å². The van der Waals surface area contributed by atoms with E-state index < -0.39 is 0 Å². The number of ether oxygens (including phenoxy) is 1. The minimum absolute atomic E-state index is 0.0113. The molecule has 2 aromatic rings. The Kier molecular flexibility index (Phi) is 5.71. The molecule has 0 unspecified atom stereocenters. The highest BCUT2D eigenvalue weighted by atomic mass is 16.5. The van der Waals surface area contributed by atoms with E-state index in [1.807, 2.05) is 23.2 Å². The molecule has 0 aromatic carbocycles. The number of carbonyl (C=O) groups excluding carboxylic acids is 2. The van der Waals surface area contributed by atoms with Crippen molar-refractivity contribution in [2.45, 2.75) is 37.8 Å². The van der Waals surface area contributed by atoms with Gasteiger partial charge < -0.3 is 19.9 Å². The maximum absolute atomic E-state index is 12.9. The summed E-state index contributed by atoms with van der Waals surface area (Å²) < 4.78 is 5.91. The molecule has 7 heteroatoms. The van der Waals surface area contributed by atoms with Gasteiger partial charge in [-0.3, -0.25) is 14.6 Å². The number of rotatable bonds is 5. The zero-order valence-corrected chi connectivity index (χ0v) is 15.8. The standard InChI is InChI=1S/C21H26N4O3/c26-20(24-9-5-15-2-1-7-22-13-15)16-3-4-19-18(12-16)25(10-11-28-19)21(27)17-6-8-23-14-17/h1-2,6-8,13-14,16,18-19,23H,3-5,9-12H2,(H,24,26)/t16-,18+,19+/m0/s1. The summed E-state index contributed by atoms with van der Waals surface area (Å²) in [5, 5.41) is 3.05. The molecule has 2 N–H and O–H groups in total. The first kappa shape index (κ1) is 18.7. The first-order chi connectivity index (χ1) is 13.7. The second kappa shape index (κ2) is 8.56. The average molecular weight is 382 g/mol. The van der Waals surface area contributed by atoms with Crippen LogP contribution in [0.2, 0.25) is 0 Å². The van der Waals surface area contributed by atoms with Gasteiger partial charge in [-0.15, -0.1) is 0 Å². The predicted octanol–water partition coefficient (Wildman–Crippen LogP) is 1.78. The molecule has 2 aromatic heterocycles. The van der Waals surface area contributed by atoms with Crippen LogP contribution in [0.5, 0.6) is 0 Å². The summed E-state index contributed by atoms with van der Waals surface area (Å²) in [6.45, 7) is 1.72. The summed E-state index contributed by atoms with van der Waals surface area (Å²) in [7, 11) is 0. The summed E-state index contributed by atoms with van der Waals surface area (Å²) in [5.74, 6) is -0.00230. The lowest BCUT2D eigenvalue weighted by Gasteiger charge is -2.45. The van der Waals surface area contributed by atoms with E-state index in [9.17, 15) is 9.59 Å². The van der Waals surface area contributed by atoms with Crippen molar-refractivity contribution in [1.82, 2.24) is 20.2 Å². The molecule has 7 nitrogen and oxygen atoms in total. The number of amides is 2. The maximum atomic E-state index is 12.9. The molecule has 28 heavy (non-hydrogen) atoms. The van der Waals surface area contributed by atoms with Gasteiger partial charge in [0.25, 0.3) is 5.91 Å². The van der Waals surface area contributed by atoms with Crippen molar-refractivity contribution in [2.24, 2.45) is 5.92 Å². The summed E-state index contributed by atoms with van der Waals surface area (Å²) >= 11 is 0. The lowest BCUT2D eigenvalue weighted by molar-refractivity contribution is -0.131. The van der Waals surface area contributed by atoms with Crippen molar-refractivity contribution in [3.63, 3.8) is 0 Å². The highest BCUT2D eigenvalue weighted by Gasteiger charge is 2.41. The van der Waals surface area contributed by atoms with Crippen LogP contribution in [0.1, 0.15) is 35.2 Å². The first-order valence-electron chi connectivity index (χ1n) is 9.94. The van der Waals surface area contributed by atoms with Crippen LogP contribution < -0.4 is 5.32 Å². The van der Waals surface area contributed by atoms with E-state index >= 15 is 0 Å². The van der Waals surface area contributed by atoms with E-state index in [0.29, 0.717) is 31.7 Å². The van der Waals surface area contributed by atoms with E-state index in [0.717, 1.165) is 24.8 Å². The number of carbonyl (C=O) groups is 2. The van der Waals surface area contributed by atoms with E-state index in [4.69, 9.17) is 4.74 Å². The van der Waals surface area contributed by atoms with Gasteiger partial charge in [-0.25, -0.2) is 0 Å². The third kappa shape index (κ3) is 4.09. The van der Waals surface area contributed by atoms with E-state index in [1.54, 1.807) is 24.7 Å². The van der Waals surface area contributed by atoms with Gasteiger partial charge >= 0.3 is 0 Å². The fourth-order valence-corrected chi connectivity index (χ4v) is 4.24. The number of hydrogen-bond acceptors (Lipinski definition) is 4. The molecule has 1 saturated heterocycles. The minimum atomic E-state index is -0.0848. The van der Waals surface area contributed by atoms with Gasteiger partial charge in [0.1, 0.15) is 0 Å². The number of H-pyrrole nitrogens is 1. The number of aromatic amines is 1. The molecule has 0 spiro atoms. The molecular weight excluding hydrogens is 356 g/mol. The zero-order valence-electron chi connectivity index (χ0n) is 15.8. The van der Waals surface area contributed by atoms with Crippen LogP contribution in [0, 0.1) is 5.92 Å². The van der Waals surface area contributed by atoms with E-state index in [1.165, 1.54) is 0 Å². The molecular formula is C21H26N4O3. The molecule has 0 radical (unpaired) electrons. The minimum Gasteiger partial charge on any atom is -0.374 e. The van der Waals surface area contributed by atoms with Crippen molar-refractivity contribution in [2.75, 3.05) is 19.7 Å². The lowest BCUT2D eigenvalue weighted by atomic mass is 9.81. The number of nitrogens with zero attached hydrogens (tertiary/aromatic N) is 2. The molecule has 2 fully saturated rings. The van der Waals surface area contributed by atoms with Gasteiger partial charge in [-0.2, -0.15) is 0 Å². The Hall–Kier alpha value is -2.67. The fourth-order valence-electron chi connectivity index (χ4n) is 4.24. The van der Waals surface area contributed by atoms with Crippen molar-refractivity contribution in [3.8, 4) is 0 Å². The second-order valence-electron chi connectivity index (χ2n) is 7.49. The van der Waals surface area contributed by atoms with Crippen LogP contribution in [0.3, 0.4) is 0 Å². The molecule has 4 rings (SSSR count). The van der Waals surface area contributed by atoms with Crippen LogP contribution in [-0.2, 0) is 16.0 Å². The monoisotopic (exact) mass is 382 g/mol. The number of pyridine rings is 1. The number of aromatic nitrogens is 2. The number of hydrogen-bond donors (Lipinski definition) is 2. The Morgan fingerprint density at radius 2 is 2.25 bits per heavy atom. The molecule has 3 heterocycles. The summed E-state index contributed by atoms with van der Waals surface area (Å²) in [6.07, 6.45) is 10.1. The Balaban J connectivity index is 1.35. The van der Waals surface area contributed by atoms with Crippen molar-refractivity contribution in [3.05, 3.63) is 54.1 Å². The number of nitrogens with one attached hydrogen (secondary N) is 2. The van der Waals surface area contributed by atoms with Gasteiger partial charge in [-0.05, 0) is 43.4 Å². The highest BCUT2D eigenvalue weighted by Crippen LogP contribution is 2.33. The normalized spacial score (nSPS) is 24.4. The summed E-state index contributed by atoms with van der Waals surface area (Å²) in [4.78, 5) is 34.5. The summed E-state index contributed by atoms with van der Waals surface area (Å²) in [6, 6.07) is 5.66. The average Bonchev–Trinajstić information content (AvgIpc) is 3.28. The van der Waals surface area contributed by atoms with Gasteiger partial charge in [0.05, 0.1) is 24.3 Å². The topological polar surface area (TPSA) is 87.3 Å². The molecule has 3 atom stereocenters. The predicted molar refractivity (Wildman–Crippen MR) is 104 cm³/mol. The van der Waals surface area contributed by atoms with E-state index in [2.05, 4.69) is 15.3 Å². The largest absolute Gasteiger partial charge is 0.374 e. The molecule has 0 bridgehead atoms. The molecule has 1 aliphatic heterocycles. The van der Waals surface area contributed by atoms with Gasteiger partial charge in [0.15, 0.2) is 0 Å². The van der Waals surface area contributed by atoms with Crippen LogP contribution in [0.4, 0.5) is 0 Å².